The van der Waals surface area contributed by atoms with Gasteiger partial charge >= 0.3 is 0 Å². The molecule has 1 saturated carbocycles. The first-order chi connectivity index (χ1) is 14.2. The summed E-state index contributed by atoms with van der Waals surface area (Å²) in [6.45, 7) is 4.47. The van der Waals surface area contributed by atoms with Gasteiger partial charge in [-0.3, -0.25) is 0 Å². The Morgan fingerprint density at radius 2 is 1.41 bits per heavy atom. The molecule has 1 fully saturated rings. The Hall–Kier alpha value is -1.89. The van der Waals surface area contributed by atoms with E-state index in [0.717, 1.165) is 32.1 Å². The van der Waals surface area contributed by atoms with E-state index in [-0.39, 0.29) is 5.41 Å². The third-order valence-corrected chi connectivity index (χ3v) is 7.00. The average Bonchev–Trinajstić information content (AvgIpc) is 2.79. The normalized spacial score (nSPS) is 21.8. The van der Waals surface area contributed by atoms with E-state index in [0.29, 0.717) is 5.92 Å². The molecule has 29 heavy (non-hydrogen) atoms. The van der Waals surface area contributed by atoms with Crippen LogP contribution in [0.4, 0.5) is 0 Å². The molecular weight excluding hydrogens is 352 g/mol. The van der Waals surface area contributed by atoms with Gasteiger partial charge in [-0.25, -0.2) is 0 Å². The second-order valence-corrected chi connectivity index (χ2v) is 9.13. The van der Waals surface area contributed by atoms with E-state index < -0.39 is 0 Å². The smallest absolute Gasteiger partial charge is 0.126 e. The number of hydrogen-bond donors (Lipinski definition) is 0. The van der Waals surface area contributed by atoms with Crippen LogP contribution in [0.25, 0.3) is 11.1 Å². The van der Waals surface area contributed by atoms with Gasteiger partial charge in [-0.1, -0.05) is 88.1 Å². The Morgan fingerprint density at radius 1 is 0.828 bits per heavy atom. The molecule has 0 bridgehead atoms. The van der Waals surface area contributed by atoms with E-state index in [2.05, 4.69) is 62.4 Å². The number of hydrogen-bond acceptors (Lipinski definition) is 1. The van der Waals surface area contributed by atoms with Gasteiger partial charge in [0.15, 0.2) is 0 Å². The van der Waals surface area contributed by atoms with Crippen molar-refractivity contribution in [1.82, 2.24) is 0 Å². The second-order valence-electron chi connectivity index (χ2n) is 9.13. The Morgan fingerprint density at radius 3 is 1.97 bits per heavy atom. The fraction of sp³-hybridized carbons (Fsp3) is 0.536. The molecule has 0 atom stereocenters. The zero-order valence-corrected chi connectivity index (χ0v) is 18.5. The molecule has 2 aromatic carbocycles. The van der Waals surface area contributed by atoms with Gasteiger partial charge in [0.2, 0.25) is 0 Å². The molecule has 0 N–H and O–H groups in total. The van der Waals surface area contributed by atoms with Crippen molar-refractivity contribution in [2.75, 3.05) is 0 Å². The molecule has 0 spiro atoms. The van der Waals surface area contributed by atoms with E-state index >= 15 is 0 Å². The highest BCUT2D eigenvalue weighted by Crippen LogP contribution is 2.45. The lowest BCUT2D eigenvalue weighted by Gasteiger charge is -2.36. The summed E-state index contributed by atoms with van der Waals surface area (Å²) >= 11 is 0. The lowest BCUT2D eigenvalue weighted by Crippen LogP contribution is -2.28. The summed E-state index contributed by atoms with van der Waals surface area (Å²) in [6, 6.07) is 18.3. The van der Waals surface area contributed by atoms with Gasteiger partial charge in [-0.05, 0) is 73.1 Å². The van der Waals surface area contributed by atoms with Gasteiger partial charge in [-0.2, -0.15) is 0 Å². The Balaban J connectivity index is 1.59. The van der Waals surface area contributed by atoms with Crippen LogP contribution in [0.15, 0.2) is 48.5 Å². The second kappa shape index (κ2) is 10.8. The maximum Gasteiger partial charge on any atom is 0.126 e. The first kappa shape index (κ1) is 21.8. The van der Waals surface area contributed by atoms with Crippen LogP contribution in [0.1, 0.15) is 95.1 Å². The van der Waals surface area contributed by atoms with Gasteiger partial charge in [0.25, 0.3) is 0 Å². The minimum Gasteiger partial charge on any atom is -0.303 e. The van der Waals surface area contributed by atoms with Crippen LogP contribution >= 0.6 is 0 Å². The SMILES string of the molecule is CCCCCC1(C=O)CCC(c2ccc(-c3ccc(CCCC)cc3)cc2)CC1. The van der Waals surface area contributed by atoms with E-state index in [9.17, 15) is 4.79 Å². The molecule has 1 heteroatoms. The molecule has 0 aromatic heterocycles. The van der Waals surface area contributed by atoms with Crippen LogP contribution in [0.3, 0.4) is 0 Å². The Kier molecular flexibility index (Phi) is 8.09. The van der Waals surface area contributed by atoms with Gasteiger partial charge in [-0.15, -0.1) is 0 Å². The molecule has 1 nitrogen and oxygen atoms in total. The molecule has 0 unspecified atom stereocenters. The minimum absolute atomic E-state index is 0.0366. The average molecular weight is 391 g/mol. The molecular formula is C28H38O. The zero-order chi connectivity index (χ0) is 20.5. The monoisotopic (exact) mass is 390 g/mol. The lowest BCUT2D eigenvalue weighted by atomic mass is 9.67. The maximum absolute atomic E-state index is 11.8. The number of rotatable bonds is 10. The summed E-state index contributed by atoms with van der Waals surface area (Å²) in [5, 5.41) is 0. The molecule has 156 valence electrons. The highest BCUT2D eigenvalue weighted by Gasteiger charge is 2.34. The number of aldehydes is 1. The highest BCUT2D eigenvalue weighted by molar-refractivity contribution is 5.64. The van der Waals surface area contributed by atoms with Crippen LogP contribution in [0, 0.1) is 5.41 Å². The fourth-order valence-corrected chi connectivity index (χ4v) is 4.87. The fourth-order valence-electron chi connectivity index (χ4n) is 4.87. The highest BCUT2D eigenvalue weighted by atomic mass is 16.1. The zero-order valence-electron chi connectivity index (χ0n) is 18.5. The molecule has 0 amide bonds. The van der Waals surface area contributed by atoms with Crippen molar-refractivity contribution < 1.29 is 4.79 Å². The third kappa shape index (κ3) is 5.81. The minimum atomic E-state index is -0.0366. The Bertz CT molecular complexity index is 733. The van der Waals surface area contributed by atoms with E-state index in [1.54, 1.807) is 0 Å². The van der Waals surface area contributed by atoms with Crippen molar-refractivity contribution in [2.45, 2.75) is 90.4 Å². The van der Waals surface area contributed by atoms with Crippen LogP contribution in [-0.4, -0.2) is 6.29 Å². The number of benzene rings is 2. The molecule has 2 aromatic rings. The largest absolute Gasteiger partial charge is 0.303 e. The molecule has 0 heterocycles. The number of aryl methyl sites for hydroxylation is 1. The first-order valence-corrected chi connectivity index (χ1v) is 11.9. The van der Waals surface area contributed by atoms with E-state index in [1.807, 2.05) is 0 Å². The number of carbonyl (C=O) groups is 1. The summed E-state index contributed by atoms with van der Waals surface area (Å²) in [7, 11) is 0. The van der Waals surface area contributed by atoms with Crippen molar-refractivity contribution >= 4 is 6.29 Å². The van der Waals surface area contributed by atoms with Crippen molar-refractivity contribution in [1.29, 1.82) is 0 Å². The molecule has 0 radical (unpaired) electrons. The van der Waals surface area contributed by atoms with Crippen LogP contribution in [0.5, 0.6) is 0 Å². The molecule has 0 aliphatic heterocycles. The molecule has 1 aliphatic carbocycles. The maximum atomic E-state index is 11.8. The van der Waals surface area contributed by atoms with Gasteiger partial charge < -0.3 is 4.79 Å². The van der Waals surface area contributed by atoms with Crippen LogP contribution in [-0.2, 0) is 11.2 Å². The molecule has 3 rings (SSSR count). The number of carbonyl (C=O) groups excluding carboxylic acids is 1. The predicted octanol–water partition coefficient (Wildman–Crippen LogP) is 8.12. The van der Waals surface area contributed by atoms with Crippen molar-refractivity contribution in [3.8, 4) is 11.1 Å². The van der Waals surface area contributed by atoms with E-state index in [1.165, 1.54) is 67.1 Å². The summed E-state index contributed by atoms with van der Waals surface area (Å²) in [6.07, 6.45) is 14.2. The first-order valence-electron chi connectivity index (χ1n) is 11.9. The summed E-state index contributed by atoms with van der Waals surface area (Å²) in [5.74, 6) is 0.611. The Labute approximate surface area is 177 Å². The molecule has 1 aliphatic rings. The molecule has 0 saturated heterocycles. The number of unbranched alkanes of at least 4 members (excludes halogenated alkanes) is 3. The van der Waals surface area contributed by atoms with E-state index in [4.69, 9.17) is 0 Å². The quantitative estimate of drug-likeness (QED) is 0.296. The summed E-state index contributed by atoms with van der Waals surface area (Å²) < 4.78 is 0. The van der Waals surface area contributed by atoms with Crippen molar-refractivity contribution in [2.24, 2.45) is 5.41 Å². The van der Waals surface area contributed by atoms with Gasteiger partial charge in [0.1, 0.15) is 6.29 Å². The third-order valence-electron chi connectivity index (χ3n) is 7.00. The topological polar surface area (TPSA) is 17.1 Å². The van der Waals surface area contributed by atoms with Crippen molar-refractivity contribution in [3.05, 3.63) is 59.7 Å². The van der Waals surface area contributed by atoms with Crippen molar-refractivity contribution in [3.63, 3.8) is 0 Å². The summed E-state index contributed by atoms with van der Waals surface area (Å²) in [5.41, 5.74) is 5.45. The predicted molar refractivity (Wildman–Crippen MR) is 124 cm³/mol. The summed E-state index contributed by atoms with van der Waals surface area (Å²) in [4.78, 5) is 11.8. The van der Waals surface area contributed by atoms with Gasteiger partial charge in [0, 0.05) is 5.41 Å². The van der Waals surface area contributed by atoms with Crippen LogP contribution < -0.4 is 0 Å². The van der Waals surface area contributed by atoms with Gasteiger partial charge in [0.05, 0.1) is 0 Å². The standard InChI is InChI=1S/C28H38O/c1-3-5-7-19-28(22-29)20-17-27(18-21-28)26-15-13-25(14-16-26)24-11-9-23(10-12-24)8-6-4-2/h9-16,22,27H,3-8,17-21H2,1-2H3. The van der Waals surface area contributed by atoms with Crippen LogP contribution in [0.2, 0.25) is 0 Å². The lowest BCUT2D eigenvalue weighted by molar-refractivity contribution is -0.118.